The third-order valence-corrected chi connectivity index (χ3v) is 5.67. The molecule has 1 N–H and O–H groups in total. The predicted octanol–water partition coefficient (Wildman–Crippen LogP) is 3.66. The van der Waals surface area contributed by atoms with Crippen molar-refractivity contribution >= 4 is 5.91 Å². The van der Waals surface area contributed by atoms with Crippen molar-refractivity contribution < 1.29 is 14.3 Å². The zero-order valence-electron chi connectivity index (χ0n) is 17.5. The van der Waals surface area contributed by atoms with Crippen LogP contribution in [0.15, 0.2) is 48.5 Å². The van der Waals surface area contributed by atoms with Crippen molar-refractivity contribution in [2.45, 2.75) is 32.2 Å². The normalized spacial score (nSPS) is 15.1. The summed E-state index contributed by atoms with van der Waals surface area (Å²) < 4.78 is 10.6. The Bertz CT molecular complexity index is 771. The Morgan fingerprint density at radius 2 is 1.72 bits per heavy atom. The van der Waals surface area contributed by atoms with E-state index < -0.39 is 0 Å². The molecule has 156 valence electrons. The first-order valence-corrected chi connectivity index (χ1v) is 10.4. The second kappa shape index (κ2) is 10.9. The minimum absolute atomic E-state index is 0.0891. The fraction of sp³-hybridized carbons (Fsp3) is 0.458. The fourth-order valence-corrected chi connectivity index (χ4v) is 3.90. The molecule has 1 saturated heterocycles. The lowest BCUT2D eigenvalue weighted by Crippen LogP contribution is -2.37. The van der Waals surface area contributed by atoms with Gasteiger partial charge in [-0.15, -0.1) is 0 Å². The number of carbonyl (C=O) groups is 1. The molecule has 0 aromatic heterocycles. The molecule has 0 aliphatic carbocycles. The number of likely N-dealkylation sites (tertiary alicyclic amines) is 1. The summed E-state index contributed by atoms with van der Waals surface area (Å²) >= 11 is 0. The van der Waals surface area contributed by atoms with E-state index in [1.807, 2.05) is 18.2 Å². The molecule has 0 bridgehead atoms. The smallest absolute Gasteiger partial charge is 0.221 e. The quantitative estimate of drug-likeness (QED) is 0.703. The van der Waals surface area contributed by atoms with Gasteiger partial charge >= 0.3 is 0 Å². The third kappa shape index (κ3) is 6.50. The number of benzene rings is 2. The van der Waals surface area contributed by atoms with Crippen LogP contribution in [0.3, 0.4) is 0 Å². The van der Waals surface area contributed by atoms with Gasteiger partial charge in [-0.25, -0.2) is 0 Å². The van der Waals surface area contributed by atoms with Gasteiger partial charge in [0, 0.05) is 19.5 Å². The number of hydrogen-bond acceptors (Lipinski definition) is 4. The summed E-state index contributed by atoms with van der Waals surface area (Å²) in [5, 5.41) is 3.01. The van der Waals surface area contributed by atoms with Crippen LogP contribution in [-0.4, -0.2) is 44.7 Å². The molecule has 3 rings (SSSR count). The Kier molecular flexibility index (Phi) is 7.94. The lowest BCUT2D eigenvalue weighted by Gasteiger charge is -2.31. The van der Waals surface area contributed by atoms with Crippen LogP contribution in [0.2, 0.25) is 0 Å². The average Bonchev–Trinajstić information content (AvgIpc) is 2.77. The Morgan fingerprint density at radius 3 is 2.41 bits per heavy atom. The van der Waals surface area contributed by atoms with Gasteiger partial charge < -0.3 is 19.7 Å². The summed E-state index contributed by atoms with van der Waals surface area (Å²) in [6, 6.07) is 16.4. The van der Waals surface area contributed by atoms with Crippen LogP contribution in [0.4, 0.5) is 0 Å². The number of nitrogens with zero attached hydrogens (tertiary/aromatic N) is 1. The number of methoxy groups -OCH3 is 2. The molecule has 1 amide bonds. The van der Waals surface area contributed by atoms with Gasteiger partial charge in [0.25, 0.3) is 0 Å². The number of nitrogens with one attached hydrogen (secondary N) is 1. The molecule has 2 aromatic carbocycles. The van der Waals surface area contributed by atoms with Gasteiger partial charge in [0.15, 0.2) is 11.5 Å². The van der Waals surface area contributed by atoms with Gasteiger partial charge in [0.2, 0.25) is 5.91 Å². The molecule has 1 fully saturated rings. The molecule has 0 atom stereocenters. The van der Waals surface area contributed by atoms with Crippen LogP contribution < -0.4 is 14.8 Å². The maximum Gasteiger partial charge on any atom is 0.221 e. The van der Waals surface area contributed by atoms with Gasteiger partial charge in [-0.2, -0.15) is 0 Å². The van der Waals surface area contributed by atoms with Crippen molar-refractivity contribution in [1.82, 2.24) is 10.2 Å². The number of carbonyl (C=O) groups excluding carboxylic acids is 1. The van der Waals surface area contributed by atoms with Gasteiger partial charge in [0.05, 0.1) is 14.2 Å². The zero-order chi connectivity index (χ0) is 20.5. The largest absolute Gasteiger partial charge is 0.493 e. The molecule has 5 nitrogen and oxygen atoms in total. The highest BCUT2D eigenvalue weighted by atomic mass is 16.5. The molecule has 2 aromatic rings. The Balaban J connectivity index is 1.35. The Hall–Kier alpha value is -2.53. The Labute approximate surface area is 174 Å². The summed E-state index contributed by atoms with van der Waals surface area (Å²) in [4.78, 5) is 14.7. The maximum atomic E-state index is 12.2. The zero-order valence-corrected chi connectivity index (χ0v) is 17.5. The molecular formula is C24H32N2O3. The van der Waals surface area contributed by atoms with Crippen LogP contribution in [0.1, 0.15) is 30.4 Å². The molecule has 0 saturated carbocycles. The predicted molar refractivity (Wildman–Crippen MR) is 115 cm³/mol. The molecule has 29 heavy (non-hydrogen) atoms. The minimum atomic E-state index is 0.0891. The van der Waals surface area contributed by atoms with E-state index in [0.29, 0.717) is 24.5 Å². The molecular weight excluding hydrogens is 364 g/mol. The summed E-state index contributed by atoms with van der Waals surface area (Å²) in [7, 11) is 3.23. The van der Waals surface area contributed by atoms with Crippen LogP contribution in [0.25, 0.3) is 0 Å². The summed E-state index contributed by atoms with van der Waals surface area (Å²) in [6.45, 7) is 3.50. The topological polar surface area (TPSA) is 50.8 Å². The van der Waals surface area contributed by atoms with Crippen molar-refractivity contribution in [2.24, 2.45) is 5.92 Å². The minimum Gasteiger partial charge on any atom is -0.493 e. The van der Waals surface area contributed by atoms with E-state index in [9.17, 15) is 4.79 Å². The monoisotopic (exact) mass is 396 g/mol. The fourth-order valence-electron chi connectivity index (χ4n) is 3.90. The standard InChI is InChI=1S/C24H32N2O3/c1-28-22-9-8-21(17-23(22)29-2)18-25-24(27)12-15-26-13-10-20(11-14-26)16-19-6-4-3-5-7-19/h3-9,17,20H,10-16,18H2,1-2H3,(H,25,27). The average molecular weight is 397 g/mol. The van der Waals surface area contributed by atoms with E-state index in [2.05, 4.69) is 40.5 Å². The van der Waals surface area contributed by atoms with Crippen molar-refractivity contribution in [3.8, 4) is 11.5 Å². The molecule has 1 aliphatic heterocycles. The van der Waals surface area contributed by atoms with Crippen LogP contribution in [-0.2, 0) is 17.8 Å². The number of rotatable bonds is 9. The lowest BCUT2D eigenvalue weighted by atomic mass is 9.90. The first-order valence-electron chi connectivity index (χ1n) is 10.4. The highest BCUT2D eigenvalue weighted by molar-refractivity contribution is 5.76. The first-order chi connectivity index (χ1) is 14.2. The summed E-state index contributed by atoms with van der Waals surface area (Å²) in [6.07, 6.45) is 4.13. The number of amides is 1. The highest BCUT2D eigenvalue weighted by Crippen LogP contribution is 2.27. The van der Waals surface area contributed by atoms with Gasteiger partial charge in [-0.1, -0.05) is 36.4 Å². The third-order valence-electron chi connectivity index (χ3n) is 5.67. The van der Waals surface area contributed by atoms with Gasteiger partial charge in [0.1, 0.15) is 0 Å². The Morgan fingerprint density at radius 1 is 1.00 bits per heavy atom. The number of hydrogen-bond donors (Lipinski definition) is 1. The van der Waals surface area contributed by atoms with Crippen LogP contribution in [0, 0.1) is 5.92 Å². The van der Waals surface area contributed by atoms with Crippen LogP contribution in [0.5, 0.6) is 11.5 Å². The van der Waals surface area contributed by atoms with Gasteiger partial charge in [-0.3, -0.25) is 4.79 Å². The SMILES string of the molecule is COc1ccc(CNC(=O)CCN2CCC(Cc3ccccc3)CC2)cc1OC. The number of piperidine rings is 1. The van der Waals surface area contributed by atoms with Crippen molar-refractivity contribution in [3.05, 3.63) is 59.7 Å². The maximum absolute atomic E-state index is 12.2. The molecule has 0 radical (unpaired) electrons. The van der Waals surface area contributed by atoms with E-state index in [4.69, 9.17) is 9.47 Å². The highest BCUT2D eigenvalue weighted by Gasteiger charge is 2.19. The molecule has 0 unspecified atom stereocenters. The molecule has 1 heterocycles. The second-order valence-corrected chi connectivity index (χ2v) is 7.69. The first kappa shape index (κ1) is 21.2. The van der Waals surface area contributed by atoms with Gasteiger partial charge in [-0.05, 0) is 61.5 Å². The summed E-state index contributed by atoms with van der Waals surface area (Å²) in [5.74, 6) is 2.22. The number of ether oxygens (including phenoxy) is 2. The van der Waals surface area contributed by atoms with E-state index >= 15 is 0 Å². The van der Waals surface area contributed by atoms with Crippen molar-refractivity contribution in [2.75, 3.05) is 33.9 Å². The molecule has 5 heteroatoms. The van der Waals surface area contributed by atoms with E-state index in [1.165, 1.54) is 24.8 Å². The lowest BCUT2D eigenvalue weighted by molar-refractivity contribution is -0.121. The van der Waals surface area contributed by atoms with E-state index in [-0.39, 0.29) is 5.91 Å². The van der Waals surface area contributed by atoms with E-state index in [1.54, 1.807) is 14.2 Å². The van der Waals surface area contributed by atoms with Crippen LogP contribution >= 0.6 is 0 Å². The van der Waals surface area contributed by atoms with Crippen molar-refractivity contribution in [1.29, 1.82) is 0 Å². The molecule has 1 aliphatic rings. The van der Waals surface area contributed by atoms with E-state index in [0.717, 1.165) is 31.1 Å². The summed E-state index contributed by atoms with van der Waals surface area (Å²) in [5.41, 5.74) is 2.43. The molecule has 0 spiro atoms. The van der Waals surface area contributed by atoms with Crippen molar-refractivity contribution in [3.63, 3.8) is 0 Å². The second-order valence-electron chi connectivity index (χ2n) is 7.69.